The first-order valence-corrected chi connectivity index (χ1v) is 8.65. The maximum Gasteiger partial charge on any atom is 0.127 e. The molecule has 1 atom stereocenters. The SMILES string of the molecule is C[C@H](NCc1cc(Br)cc2c1OCC2)c1ccc(Br)cc1. The summed E-state index contributed by atoms with van der Waals surface area (Å²) in [6.45, 7) is 3.78. The van der Waals surface area contributed by atoms with Gasteiger partial charge in [-0.15, -0.1) is 0 Å². The summed E-state index contributed by atoms with van der Waals surface area (Å²) in [6, 6.07) is 13.0. The van der Waals surface area contributed by atoms with E-state index in [4.69, 9.17) is 4.74 Å². The lowest BCUT2D eigenvalue weighted by molar-refractivity contribution is 0.351. The minimum atomic E-state index is 0.300. The largest absolute Gasteiger partial charge is 0.493 e. The predicted molar refractivity (Wildman–Crippen MR) is 92.7 cm³/mol. The highest BCUT2D eigenvalue weighted by molar-refractivity contribution is 9.10. The molecule has 0 fully saturated rings. The Morgan fingerprint density at radius 2 is 1.90 bits per heavy atom. The molecule has 0 amide bonds. The van der Waals surface area contributed by atoms with E-state index in [0.717, 1.165) is 34.3 Å². The van der Waals surface area contributed by atoms with Gasteiger partial charge >= 0.3 is 0 Å². The minimum Gasteiger partial charge on any atom is -0.493 e. The summed E-state index contributed by atoms with van der Waals surface area (Å²) in [6.07, 6.45) is 1.00. The predicted octanol–water partition coefficient (Wildman–Crippen LogP) is 5.00. The number of benzene rings is 2. The molecule has 4 heteroatoms. The van der Waals surface area contributed by atoms with Gasteiger partial charge in [0.25, 0.3) is 0 Å². The number of hydrogen-bond acceptors (Lipinski definition) is 2. The van der Waals surface area contributed by atoms with Gasteiger partial charge in [0.05, 0.1) is 6.61 Å². The van der Waals surface area contributed by atoms with Crippen molar-refractivity contribution < 1.29 is 4.74 Å². The smallest absolute Gasteiger partial charge is 0.127 e. The van der Waals surface area contributed by atoms with E-state index >= 15 is 0 Å². The van der Waals surface area contributed by atoms with E-state index in [2.05, 4.69) is 80.5 Å². The topological polar surface area (TPSA) is 21.3 Å². The maximum atomic E-state index is 5.77. The normalized spacial score (nSPS) is 14.6. The Hall–Kier alpha value is -0.840. The van der Waals surface area contributed by atoms with Gasteiger partial charge in [-0.1, -0.05) is 44.0 Å². The van der Waals surface area contributed by atoms with E-state index in [1.54, 1.807) is 0 Å². The number of nitrogens with one attached hydrogen (secondary N) is 1. The second kappa shape index (κ2) is 6.51. The summed E-state index contributed by atoms with van der Waals surface area (Å²) in [5.74, 6) is 1.06. The molecule has 21 heavy (non-hydrogen) atoms. The van der Waals surface area contributed by atoms with Crippen LogP contribution >= 0.6 is 31.9 Å². The van der Waals surface area contributed by atoms with E-state index in [0.29, 0.717) is 6.04 Å². The fourth-order valence-corrected chi connectivity index (χ4v) is 3.43. The van der Waals surface area contributed by atoms with Crippen LogP contribution in [0.4, 0.5) is 0 Å². The van der Waals surface area contributed by atoms with Crippen LogP contribution in [0.15, 0.2) is 45.3 Å². The molecule has 0 saturated heterocycles. The van der Waals surface area contributed by atoms with E-state index in [1.807, 2.05) is 0 Å². The molecule has 110 valence electrons. The third-order valence-electron chi connectivity index (χ3n) is 3.79. The van der Waals surface area contributed by atoms with Gasteiger partial charge in [0.15, 0.2) is 0 Å². The van der Waals surface area contributed by atoms with Crippen molar-refractivity contribution in [3.8, 4) is 5.75 Å². The third kappa shape index (κ3) is 3.50. The van der Waals surface area contributed by atoms with Gasteiger partial charge in [-0.2, -0.15) is 0 Å². The number of hydrogen-bond donors (Lipinski definition) is 1. The second-order valence-electron chi connectivity index (χ2n) is 5.31. The number of fused-ring (bicyclic) bond motifs is 1. The molecular formula is C17H17Br2NO. The molecule has 0 aliphatic carbocycles. The summed E-state index contributed by atoms with van der Waals surface area (Å²) < 4.78 is 8.00. The Bertz CT molecular complexity index is 640. The van der Waals surface area contributed by atoms with Gasteiger partial charge < -0.3 is 10.1 Å². The van der Waals surface area contributed by atoms with E-state index in [9.17, 15) is 0 Å². The maximum absolute atomic E-state index is 5.77. The van der Waals surface area contributed by atoms with Gasteiger partial charge in [-0.3, -0.25) is 0 Å². The molecule has 1 aliphatic heterocycles. The van der Waals surface area contributed by atoms with Crippen LogP contribution in [0, 0.1) is 0 Å². The fourth-order valence-electron chi connectivity index (χ4n) is 2.61. The number of ether oxygens (including phenoxy) is 1. The van der Waals surface area contributed by atoms with E-state index in [1.165, 1.54) is 16.7 Å². The van der Waals surface area contributed by atoms with Crippen LogP contribution < -0.4 is 10.1 Å². The van der Waals surface area contributed by atoms with E-state index in [-0.39, 0.29) is 0 Å². The molecule has 1 N–H and O–H groups in total. The summed E-state index contributed by atoms with van der Waals surface area (Å²) >= 11 is 7.06. The quantitative estimate of drug-likeness (QED) is 0.765. The van der Waals surface area contributed by atoms with Crippen molar-refractivity contribution >= 4 is 31.9 Å². The molecule has 3 rings (SSSR count). The first-order valence-electron chi connectivity index (χ1n) is 7.06. The highest BCUT2D eigenvalue weighted by Crippen LogP contribution is 2.33. The zero-order valence-corrected chi connectivity index (χ0v) is 15.0. The molecule has 0 spiro atoms. The van der Waals surface area contributed by atoms with Gasteiger partial charge in [0, 0.05) is 33.5 Å². The van der Waals surface area contributed by atoms with Gasteiger partial charge in [0.2, 0.25) is 0 Å². The lowest BCUT2D eigenvalue weighted by atomic mass is 10.1. The Labute approximate surface area is 142 Å². The first kappa shape index (κ1) is 15.1. The molecule has 0 saturated carbocycles. The fraction of sp³-hybridized carbons (Fsp3) is 0.294. The van der Waals surface area contributed by atoms with Crippen molar-refractivity contribution in [2.75, 3.05) is 6.61 Å². The average Bonchev–Trinajstić information content (AvgIpc) is 2.93. The number of halogens is 2. The summed E-state index contributed by atoms with van der Waals surface area (Å²) in [5.41, 5.74) is 3.81. The summed E-state index contributed by atoms with van der Waals surface area (Å²) in [5, 5.41) is 3.58. The highest BCUT2D eigenvalue weighted by atomic mass is 79.9. The zero-order valence-electron chi connectivity index (χ0n) is 11.8. The molecule has 1 aliphatic rings. The third-order valence-corrected chi connectivity index (χ3v) is 4.78. The standard InChI is InChI=1S/C17H17Br2NO/c1-11(12-2-4-15(18)5-3-12)20-10-14-9-16(19)8-13-6-7-21-17(13)14/h2-5,8-9,11,20H,6-7,10H2,1H3/t11-/m0/s1. The van der Waals surface area contributed by atoms with Crippen LogP contribution in [-0.4, -0.2) is 6.61 Å². The lowest BCUT2D eigenvalue weighted by Crippen LogP contribution is -2.18. The molecule has 2 aromatic carbocycles. The van der Waals surface area contributed by atoms with Crippen LogP contribution in [0.1, 0.15) is 29.7 Å². The van der Waals surface area contributed by atoms with Crippen LogP contribution in [-0.2, 0) is 13.0 Å². The van der Waals surface area contributed by atoms with Crippen molar-refractivity contribution in [3.05, 3.63) is 62.0 Å². The van der Waals surface area contributed by atoms with Crippen LogP contribution in [0.3, 0.4) is 0 Å². The summed E-state index contributed by atoms with van der Waals surface area (Å²) in [7, 11) is 0. The first-order chi connectivity index (χ1) is 10.1. The monoisotopic (exact) mass is 409 g/mol. The average molecular weight is 411 g/mol. The van der Waals surface area contributed by atoms with Gasteiger partial charge in [-0.25, -0.2) is 0 Å². The molecule has 0 bridgehead atoms. The van der Waals surface area contributed by atoms with Crippen LogP contribution in [0.2, 0.25) is 0 Å². The van der Waals surface area contributed by atoms with Crippen LogP contribution in [0.25, 0.3) is 0 Å². The van der Waals surface area contributed by atoms with Crippen molar-refractivity contribution in [2.24, 2.45) is 0 Å². The molecule has 2 aromatic rings. The van der Waals surface area contributed by atoms with Gasteiger partial charge in [0.1, 0.15) is 5.75 Å². The highest BCUT2D eigenvalue weighted by Gasteiger charge is 2.17. The van der Waals surface area contributed by atoms with Crippen molar-refractivity contribution in [1.82, 2.24) is 5.32 Å². The molecule has 0 radical (unpaired) electrons. The van der Waals surface area contributed by atoms with Crippen molar-refractivity contribution in [2.45, 2.75) is 25.9 Å². The Morgan fingerprint density at radius 1 is 1.14 bits per heavy atom. The second-order valence-corrected chi connectivity index (χ2v) is 7.14. The van der Waals surface area contributed by atoms with Gasteiger partial charge in [-0.05, 0) is 42.3 Å². The summed E-state index contributed by atoms with van der Waals surface area (Å²) in [4.78, 5) is 0. The molecular weight excluding hydrogens is 394 g/mol. The zero-order chi connectivity index (χ0) is 14.8. The molecule has 2 nitrogen and oxygen atoms in total. The Morgan fingerprint density at radius 3 is 2.67 bits per heavy atom. The lowest BCUT2D eigenvalue weighted by Gasteiger charge is -2.16. The number of rotatable bonds is 4. The van der Waals surface area contributed by atoms with E-state index < -0.39 is 0 Å². The van der Waals surface area contributed by atoms with Crippen molar-refractivity contribution in [1.29, 1.82) is 0 Å². The molecule has 1 heterocycles. The Kier molecular flexibility index (Phi) is 4.67. The minimum absolute atomic E-state index is 0.300. The molecule has 0 aromatic heterocycles. The van der Waals surface area contributed by atoms with Crippen LogP contribution in [0.5, 0.6) is 5.75 Å². The Balaban J connectivity index is 1.72. The molecule has 0 unspecified atom stereocenters. The van der Waals surface area contributed by atoms with Crippen molar-refractivity contribution in [3.63, 3.8) is 0 Å².